The van der Waals surface area contributed by atoms with Gasteiger partial charge in [0.05, 0.1) is 11.5 Å². The van der Waals surface area contributed by atoms with Crippen molar-refractivity contribution in [3.05, 3.63) is 0 Å². The summed E-state index contributed by atoms with van der Waals surface area (Å²) in [6.45, 7) is 1.81. The molecule has 1 saturated heterocycles. The van der Waals surface area contributed by atoms with Gasteiger partial charge in [0.1, 0.15) is 5.78 Å². The van der Waals surface area contributed by atoms with E-state index in [9.17, 15) is 13.2 Å². The minimum absolute atomic E-state index is 0.0995. The lowest BCUT2D eigenvalue weighted by molar-refractivity contribution is -0.119. The fourth-order valence-corrected chi connectivity index (χ4v) is 3.36. The lowest BCUT2D eigenvalue weighted by Crippen LogP contribution is -2.09. The van der Waals surface area contributed by atoms with Gasteiger partial charge < -0.3 is 0 Å². The maximum absolute atomic E-state index is 11.0. The highest BCUT2D eigenvalue weighted by Crippen LogP contribution is 2.21. The number of hydrogen-bond donors (Lipinski definition) is 0. The van der Waals surface area contributed by atoms with E-state index >= 15 is 0 Å². The molecule has 0 radical (unpaired) electrons. The van der Waals surface area contributed by atoms with E-state index in [1.165, 1.54) is 0 Å². The van der Waals surface area contributed by atoms with Gasteiger partial charge in [-0.05, 0) is 12.3 Å². The van der Waals surface area contributed by atoms with Gasteiger partial charge in [-0.3, -0.25) is 4.79 Å². The second-order valence-electron chi connectivity index (χ2n) is 3.37. The van der Waals surface area contributed by atoms with E-state index in [2.05, 4.69) is 0 Å². The minimum atomic E-state index is -2.80. The Kier molecular flexibility index (Phi) is 2.88. The summed E-state index contributed by atoms with van der Waals surface area (Å²) in [5, 5.41) is 0. The minimum Gasteiger partial charge on any atom is -0.300 e. The zero-order valence-electron chi connectivity index (χ0n) is 7.25. The molecule has 1 rings (SSSR count). The van der Waals surface area contributed by atoms with Gasteiger partial charge in [-0.15, -0.1) is 0 Å². The number of carbonyl (C=O) groups excluding carboxylic acids is 1. The molecular formula is C8H14O3S. The molecule has 1 heterocycles. The van der Waals surface area contributed by atoms with Gasteiger partial charge >= 0.3 is 0 Å². The molecule has 0 aromatic rings. The summed E-state index contributed by atoms with van der Waals surface area (Å²) in [5.74, 6) is 0.771. The number of carbonyl (C=O) groups is 1. The molecule has 1 atom stereocenters. The fourth-order valence-electron chi connectivity index (χ4n) is 1.50. The molecule has 0 aromatic carbocycles. The van der Waals surface area contributed by atoms with Crippen molar-refractivity contribution in [1.82, 2.24) is 0 Å². The van der Waals surface area contributed by atoms with Crippen molar-refractivity contribution in [2.24, 2.45) is 5.92 Å². The zero-order valence-corrected chi connectivity index (χ0v) is 8.06. The predicted molar refractivity (Wildman–Crippen MR) is 46.7 cm³/mol. The topological polar surface area (TPSA) is 51.2 Å². The first kappa shape index (κ1) is 9.71. The third kappa shape index (κ3) is 2.59. The molecule has 0 saturated carbocycles. The third-order valence-corrected chi connectivity index (χ3v) is 4.07. The second kappa shape index (κ2) is 3.56. The van der Waals surface area contributed by atoms with E-state index in [-0.39, 0.29) is 23.2 Å². The highest BCUT2D eigenvalue weighted by molar-refractivity contribution is 7.91. The molecule has 0 bridgehead atoms. The van der Waals surface area contributed by atoms with Gasteiger partial charge in [0.25, 0.3) is 0 Å². The number of Topliss-reactive ketones (excluding diaryl/α,β-unsaturated/α-hetero) is 1. The maximum Gasteiger partial charge on any atom is 0.150 e. The Morgan fingerprint density at radius 1 is 1.50 bits per heavy atom. The summed E-state index contributed by atoms with van der Waals surface area (Å²) in [7, 11) is -2.80. The van der Waals surface area contributed by atoms with Crippen molar-refractivity contribution in [2.45, 2.75) is 26.2 Å². The first-order valence-corrected chi connectivity index (χ1v) is 6.08. The lowest BCUT2D eigenvalue weighted by atomic mass is 10.0. The highest BCUT2D eigenvalue weighted by Gasteiger charge is 2.28. The molecule has 70 valence electrons. The van der Waals surface area contributed by atoms with Crippen molar-refractivity contribution >= 4 is 15.6 Å². The monoisotopic (exact) mass is 190 g/mol. The Bertz CT molecular complexity index is 266. The third-order valence-electron chi connectivity index (χ3n) is 2.24. The van der Waals surface area contributed by atoms with E-state index < -0.39 is 9.84 Å². The predicted octanol–water partition coefficient (Wildman–Crippen LogP) is 0.790. The highest BCUT2D eigenvalue weighted by atomic mass is 32.2. The van der Waals surface area contributed by atoms with Crippen LogP contribution in [-0.2, 0) is 14.6 Å². The van der Waals surface area contributed by atoms with E-state index in [1.807, 2.05) is 6.92 Å². The Morgan fingerprint density at radius 3 is 2.58 bits per heavy atom. The van der Waals surface area contributed by atoms with Gasteiger partial charge in [-0.25, -0.2) is 8.42 Å². The van der Waals surface area contributed by atoms with Crippen molar-refractivity contribution in [3.8, 4) is 0 Å². The summed E-state index contributed by atoms with van der Waals surface area (Å²) in [6, 6.07) is 0. The number of rotatable bonds is 3. The smallest absolute Gasteiger partial charge is 0.150 e. The molecule has 0 aliphatic carbocycles. The molecule has 0 aromatic heterocycles. The molecule has 1 aliphatic rings. The van der Waals surface area contributed by atoms with Crippen LogP contribution in [0.4, 0.5) is 0 Å². The zero-order chi connectivity index (χ0) is 9.19. The van der Waals surface area contributed by atoms with E-state index in [1.54, 1.807) is 0 Å². The van der Waals surface area contributed by atoms with Crippen molar-refractivity contribution < 1.29 is 13.2 Å². The molecule has 0 spiro atoms. The van der Waals surface area contributed by atoms with E-state index in [0.717, 1.165) is 0 Å². The lowest BCUT2D eigenvalue weighted by Gasteiger charge is -2.03. The van der Waals surface area contributed by atoms with Crippen LogP contribution >= 0.6 is 0 Å². The standard InChI is InChI=1S/C8H14O3S/c1-2-8(9)5-7-3-4-12(10,11)6-7/h7H,2-6H2,1H3. The van der Waals surface area contributed by atoms with Gasteiger partial charge in [0.2, 0.25) is 0 Å². The van der Waals surface area contributed by atoms with Crippen LogP contribution in [0.1, 0.15) is 26.2 Å². The Labute approximate surface area is 73.1 Å². The quantitative estimate of drug-likeness (QED) is 0.661. The van der Waals surface area contributed by atoms with Gasteiger partial charge in [0.15, 0.2) is 9.84 Å². The fraction of sp³-hybridized carbons (Fsp3) is 0.875. The molecule has 3 nitrogen and oxygen atoms in total. The van der Waals surface area contributed by atoms with Crippen molar-refractivity contribution in [1.29, 1.82) is 0 Å². The summed E-state index contributed by atoms with van der Waals surface area (Å²) in [4.78, 5) is 11.0. The molecule has 1 aliphatic heterocycles. The molecule has 1 fully saturated rings. The first-order chi connectivity index (χ1) is 5.53. The summed E-state index contributed by atoms with van der Waals surface area (Å²) < 4.78 is 22.0. The molecular weight excluding hydrogens is 176 g/mol. The maximum atomic E-state index is 11.0. The van der Waals surface area contributed by atoms with Crippen LogP contribution in [0.5, 0.6) is 0 Å². The molecule has 4 heteroatoms. The van der Waals surface area contributed by atoms with Crippen LogP contribution in [0.2, 0.25) is 0 Å². The number of ketones is 1. The van der Waals surface area contributed by atoms with Crippen LogP contribution in [0.25, 0.3) is 0 Å². The summed E-state index contributed by atoms with van der Waals surface area (Å²) in [6.07, 6.45) is 1.65. The summed E-state index contributed by atoms with van der Waals surface area (Å²) >= 11 is 0. The normalized spacial score (nSPS) is 27.2. The molecule has 0 N–H and O–H groups in total. The number of sulfone groups is 1. The van der Waals surface area contributed by atoms with Gasteiger partial charge in [-0.1, -0.05) is 6.92 Å². The van der Waals surface area contributed by atoms with E-state index in [0.29, 0.717) is 19.3 Å². The van der Waals surface area contributed by atoms with Gasteiger partial charge in [0, 0.05) is 12.8 Å². The molecule has 0 amide bonds. The van der Waals surface area contributed by atoms with Crippen LogP contribution in [0.3, 0.4) is 0 Å². The second-order valence-corrected chi connectivity index (χ2v) is 5.59. The SMILES string of the molecule is CCC(=O)CC1CCS(=O)(=O)C1. The Hall–Kier alpha value is -0.380. The number of hydrogen-bond acceptors (Lipinski definition) is 3. The average molecular weight is 190 g/mol. The first-order valence-electron chi connectivity index (χ1n) is 4.25. The largest absolute Gasteiger partial charge is 0.300 e. The Balaban J connectivity index is 2.43. The molecule has 1 unspecified atom stereocenters. The van der Waals surface area contributed by atoms with Crippen LogP contribution in [-0.4, -0.2) is 25.7 Å². The van der Waals surface area contributed by atoms with Crippen LogP contribution in [0, 0.1) is 5.92 Å². The summed E-state index contributed by atoms with van der Waals surface area (Å²) in [5.41, 5.74) is 0. The Morgan fingerprint density at radius 2 is 2.17 bits per heavy atom. The average Bonchev–Trinajstić information content (AvgIpc) is 2.30. The van der Waals surface area contributed by atoms with Crippen LogP contribution < -0.4 is 0 Å². The molecule has 12 heavy (non-hydrogen) atoms. The van der Waals surface area contributed by atoms with Gasteiger partial charge in [-0.2, -0.15) is 0 Å². The van der Waals surface area contributed by atoms with Crippen molar-refractivity contribution in [3.63, 3.8) is 0 Å². The van der Waals surface area contributed by atoms with Crippen LogP contribution in [0.15, 0.2) is 0 Å². The van der Waals surface area contributed by atoms with Crippen molar-refractivity contribution in [2.75, 3.05) is 11.5 Å². The van der Waals surface area contributed by atoms with E-state index in [4.69, 9.17) is 0 Å².